The molecule has 0 bridgehead atoms. The number of ether oxygens (including phenoxy) is 1. The Hall–Kier alpha value is -1.14. The van der Waals surface area contributed by atoms with Crippen molar-refractivity contribution in [2.75, 3.05) is 19.7 Å². The van der Waals surface area contributed by atoms with Crippen molar-refractivity contribution in [3.8, 4) is 0 Å². The molecule has 1 heterocycles. The van der Waals surface area contributed by atoms with Gasteiger partial charge in [-0.1, -0.05) is 0 Å². The molecule has 1 aliphatic rings. The summed E-state index contributed by atoms with van der Waals surface area (Å²) in [4.78, 5) is 23.8. The van der Waals surface area contributed by atoms with Crippen LogP contribution in [0.4, 0.5) is 0 Å². The lowest BCUT2D eigenvalue weighted by molar-refractivity contribution is -0.147. The summed E-state index contributed by atoms with van der Waals surface area (Å²) in [7, 11) is 0. The number of carbonyl (C=O) groups excluding carboxylic acids is 2. The average Bonchev–Trinajstić information content (AvgIpc) is 2.28. The van der Waals surface area contributed by atoms with Crippen molar-refractivity contribution in [1.82, 2.24) is 10.3 Å². The number of likely N-dealkylation sites (tertiary alicyclic amines) is 1. The Labute approximate surface area is 88.7 Å². The van der Waals surface area contributed by atoms with Crippen LogP contribution in [0.3, 0.4) is 0 Å². The molecule has 1 fully saturated rings. The Balaban J connectivity index is 2.37. The Morgan fingerprint density at radius 3 is 2.53 bits per heavy atom. The molecule has 6 heteroatoms. The van der Waals surface area contributed by atoms with E-state index in [1.165, 1.54) is 4.90 Å². The van der Waals surface area contributed by atoms with E-state index in [1.54, 1.807) is 0 Å². The molecule has 0 aromatic heterocycles. The normalized spacial score (nSPS) is 17.6. The van der Waals surface area contributed by atoms with Crippen LogP contribution < -0.4 is 11.3 Å². The van der Waals surface area contributed by atoms with Crippen molar-refractivity contribution in [3.05, 3.63) is 0 Å². The summed E-state index contributed by atoms with van der Waals surface area (Å²) in [5, 5.41) is 0. The molecule has 1 saturated heterocycles. The Morgan fingerprint density at radius 2 is 2.07 bits per heavy atom. The maximum Gasteiger partial charge on any atom is 0.323 e. The van der Waals surface area contributed by atoms with Crippen LogP contribution in [0.5, 0.6) is 0 Å². The van der Waals surface area contributed by atoms with Crippen molar-refractivity contribution in [1.29, 1.82) is 0 Å². The second-order valence-electron chi connectivity index (χ2n) is 3.42. The van der Waals surface area contributed by atoms with Gasteiger partial charge in [0.2, 0.25) is 0 Å². The Morgan fingerprint density at radius 1 is 1.47 bits per heavy atom. The molecule has 6 nitrogen and oxygen atoms in total. The Bertz CT molecular complexity index is 237. The molecule has 3 N–H and O–H groups in total. The second kappa shape index (κ2) is 5.67. The average molecular weight is 215 g/mol. The van der Waals surface area contributed by atoms with Crippen LogP contribution in [-0.4, -0.2) is 42.5 Å². The molecule has 0 atom stereocenters. The topological polar surface area (TPSA) is 84.7 Å². The smallest absolute Gasteiger partial charge is 0.323 e. The number of nitrogens with two attached hydrogens (primary N) is 1. The zero-order chi connectivity index (χ0) is 11.3. The van der Waals surface area contributed by atoms with Gasteiger partial charge in [0.25, 0.3) is 0 Å². The summed E-state index contributed by atoms with van der Waals surface area (Å²) < 4.78 is 5.43. The lowest BCUT2D eigenvalue weighted by Crippen LogP contribution is -2.49. The molecular formula is C9H17N3O3. The SMILES string of the molecule is CCOC1CCN(C(=O)C(=O)NN)CC1. The van der Waals surface area contributed by atoms with Crippen molar-refractivity contribution >= 4 is 11.8 Å². The first-order valence-electron chi connectivity index (χ1n) is 5.10. The first-order valence-corrected chi connectivity index (χ1v) is 5.10. The number of rotatable bonds is 2. The third kappa shape index (κ3) is 3.17. The predicted octanol–water partition coefficient (Wildman–Crippen LogP) is -0.996. The van der Waals surface area contributed by atoms with Gasteiger partial charge in [-0.2, -0.15) is 0 Å². The highest BCUT2D eigenvalue weighted by Gasteiger charge is 2.26. The van der Waals surface area contributed by atoms with E-state index in [2.05, 4.69) is 0 Å². The largest absolute Gasteiger partial charge is 0.378 e. The lowest BCUT2D eigenvalue weighted by atomic mass is 10.1. The van der Waals surface area contributed by atoms with Crippen LogP contribution in [0.25, 0.3) is 0 Å². The minimum absolute atomic E-state index is 0.208. The maximum absolute atomic E-state index is 11.4. The molecule has 0 saturated carbocycles. The Kier molecular flexibility index (Phi) is 4.51. The molecule has 0 radical (unpaired) electrons. The fourth-order valence-electron chi connectivity index (χ4n) is 1.67. The standard InChI is InChI=1S/C9H17N3O3/c1-2-15-7-3-5-12(6-4-7)9(14)8(13)11-10/h7H,2-6,10H2,1H3,(H,11,13). The summed E-state index contributed by atoms with van der Waals surface area (Å²) in [6.07, 6.45) is 1.76. The van der Waals surface area contributed by atoms with E-state index in [1.807, 2.05) is 12.3 Å². The van der Waals surface area contributed by atoms with Crippen LogP contribution in [0.15, 0.2) is 0 Å². The van der Waals surface area contributed by atoms with Gasteiger partial charge >= 0.3 is 11.8 Å². The zero-order valence-corrected chi connectivity index (χ0v) is 8.86. The summed E-state index contributed by atoms with van der Waals surface area (Å²) in [6.45, 7) is 3.73. The predicted molar refractivity (Wildman–Crippen MR) is 53.6 cm³/mol. The highest BCUT2D eigenvalue weighted by molar-refractivity contribution is 6.34. The van der Waals surface area contributed by atoms with Gasteiger partial charge in [0.05, 0.1) is 6.10 Å². The number of amides is 2. The number of hydrogen-bond acceptors (Lipinski definition) is 4. The summed E-state index contributed by atoms with van der Waals surface area (Å²) in [5.74, 6) is 3.56. The van der Waals surface area contributed by atoms with Gasteiger partial charge in [0.15, 0.2) is 0 Å². The summed E-state index contributed by atoms with van der Waals surface area (Å²) in [5.41, 5.74) is 1.84. The van der Waals surface area contributed by atoms with E-state index in [0.717, 1.165) is 12.8 Å². The van der Waals surface area contributed by atoms with Crippen LogP contribution in [0.1, 0.15) is 19.8 Å². The molecule has 1 aliphatic heterocycles. The molecular weight excluding hydrogens is 198 g/mol. The molecule has 0 aliphatic carbocycles. The number of hydrogen-bond donors (Lipinski definition) is 2. The van der Waals surface area contributed by atoms with E-state index < -0.39 is 11.8 Å². The molecule has 0 spiro atoms. The van der Waals surface area contributed by atoms with Gasteiger partial charge in [-0.3, -0.25) is 15.0 Å². The molecule has 86 valence electrons. The zero-order valence-electron chi connectivity index (χ0n) is 8.86. The second-order valence-corrected chi connectivity index (χ2v) is 3.42. The van der Waals surface area contributed by atoms with Crippen molar-refractivity contribution in [2.24, 2.45) is 5.84 Å². The van der Waals surface area contributed by atoms with Gasteiger partial charge in [0, 0.05) is 19.7 Å². The van der Waals surface area contributed by atoms with Gasteiger partial charge in [-0.15, -0.1) is 0 Å². The molecule has 0 aromatic carbocycles. The molecule has 15 heavy (non-hydrogen) atoms. The third-order valence-electron chi connectivity index (χ3n) is 2.46. The first-order chi connectivity index (χ1) is 7.19. The van der Waals surface area contributed by atoms with E-state index in [-0.39, 0.29) is 6.10 Å². The number of piperidine rings is 1. The van der Waals surface area contributed by atoms with Crippen molar-refractivity contribution in [2.45, 2.75) is 25.9 Å². The summed E-state index contributed by atoms with van der Waals surface area (Å²) in [6, 6.07) is 0. The van der Waals surface area contributed by atoms with Gasteiger partial charge in [0.1, 0.15) is 0 Å². The number of carbonyl (C=O) groups is 2. The van der Waals surface area contributed by atoms with Gasteiger partial charge < -0.3 is 9.64 Å². The number of hydrazine groups is 1. The van der Waals surface area contributed by atoms with Crippen LogP contribution >= 0.6 is 0 Å². The van der Waals surface area contributed by atoms with Crippen LogP contribution in [-0.2, 0) is 14.3 Å². The maximum atomic E-state index is 11.4. The van der Waals surface area contributed by atoms with E-state index in [0.29, 0.717) is 19.7 Å². The monoisotopic (exact) mass is 215 g/mol. The van der Waals surface area contributed by atoms with Crippen LogP contribution in [0, 0.1) is 0 Å². The molecule has 2 amide bonds. The van der Waals surface area contributed by atoms with Gasteiger partial charge in [-0.05, 0) is 19.8 Å². The fourth-order valence-corrected chi connectivity index (χ4v) is 1.67. The fraction of sp³-hybridized carbons (Fsp3) is 0.778. The lowest BCUT2D eigenvalue weighted by Gasteiger charge is -2.31. The van der Waals surface area contributed by atoms with Crippen LogP contribution in [0.2, 0.25) is 0 Å². The number of nitrogens with one attached hydrogen (secondary N) is 1. The van der Waals surface area contributed by atoms with Crippen molar-refractivity contribution in [3.63, 3.8) is 0 Å². The molecule has 0 unspecified atom stereocenters. The third-order valence-corrected chi connectivity index (χ3v) is 2.46. The van der Waals surface area contributed by atoms with Gasteiger partial charge in [-0.25, -0.2) is 5.84 Å². The quantitative estimate of drug-likeness (QED) is 0.268. The van der Waals surface area contributed by atoms with E-state index in [9.17, 15) is 9.59 Å². The summed E-state index contributed by atoms with van der Waals surface area (Å²) >= 11 is 0. The molecule has 1 rings (SSSR count). The van der Waals surface area contributed by atoms with E-state index in [4.69, 9.17) is 10.6 Å². The van der Waals surface area contributed by atoms with E-state index >= 15 is 0 Å². The minimum atomic E-state index is -0.759. The molecule has 0 aromatic rings. The highest BCUT2D eigenvalue weighted by Crippen LogP contribution is 2.13. The van der Waals surface area contributed by atoms with Crippen molar-refractivity contribution < 1.29 is 14.3 Å². The minimum Gasteiger partial charge on any atom is -0.378 e. The number of nitrogens with zero attached hydrogens (tertiary/aromatic N) is 1. The highest BCUT2D eigenvalue weighted by atomic mass is 16.5. The first kappa shape index (κ1) is 11.9.